The number of fused-ring (bicyclic) bond motifs is 1. The van der Waals surface area contributed by atoms with Crippen LogP contribution >= 0.6 is 0 Å². The predicted octanol–water partition coefficient (Wildman–Crippen LogP) is 2.93. The van der Waals surface area contributed by atoms with Crippen LogP contribution in [0.3, 0.4) is 0 Å². The van der Waals surface area contributed by atoms with Crippen LogP contribution in [0.15, 0.2) is 22.7 Å². The number of hydrogen-bond acceptors (Lipinski definition) is 4. The van der Waals surface area contributed by atoms with E-state index in [1.165, 1.54) is 4.90 Å². The van der Waals surface area contributed by atoms with Crippen LogP contribution in [0.25, 0.3) is 11.4 Å². The number of halogens is 2. The van der Waals surface area contributed by atoms with E-state index in [4.69, 9.17) is 0 Å². The minimum absolute atomic E-state index is 0.0455. The molecule has 8 heteroatoms. The molecule has 23 heavy (non-hydrogen) atoms. The van der Waals surface area contributed by atoms with E-state index < -0.39 is 12.3 Å². The molecule has 1 heterocycles. The Morgan fingerprint density at radius 2 is 2.22 bits per heavy atom. The summed E-state index contributed by atoms with van der Waals surface area (Å²) in [6, 6.07) is 5.29. The van der Waals surface area contributed by atoms with E-state index in [0.29, 0.717) is 5.56 Å². The van der Waals surface area contributed by atoms with Gasteiger partial charge in [0.1, 0.15) is 0 Å². The molecule has 0 spiro atoms. The molecule has 1 aromatic carbocycles. The van der Waals surface area contributed by atoms with Crippen molar-refractivity contribution in [3.8, 4) is 11.4 Å². The van der Waals surface area contributed by atoms with E-state index in [-0.39, 0.29) is 17.9 Å². The van der Waals surface area contributed by atoms with Crippen LogP contribution in [0.1, 0.15) is 35.9 Å². The lowest BCUT2D eigenvalue weighted by Gasteiger charge is -2.18. The Balaban J connectivity index is 1.82. The van der Waals surface area contributed by atoms with Crippen LogP contribution in [0.4, 0.5) is 13.6 Å². The van der Waals surface area contributed by atoms with Crippen molar-refractivity contribution < 1.29 is 18.1 Å². The average molecular weight is 322 g/mol. The molecule has 1 aromatic heterocycles. The lowest BCUT2D eigenvalue weighted by molar-refractivity contribution is 0.106. The number of alkyl halides is 2. The molecule has 6 nitrogen and oxygen atoms in total. The van der Waals surface area contributed by atoms with Crippen LogP contribution < -0.4 is 5.32 Å². The van der Waals surface area contributed by atoms with Crippen LogP contribution in [-0.2, 0) is 6.42 Å². The minimum Gasteiger partial charge on any atom is -0.333 e. The molecular weight excluding hydrogens is 306 g/mol. The van der Waals surface area contributed by atoms with Gasteiger partial charge in [0.05, 0.1) is 6.04 Å². The molecule has 0 radical (unpaired) electrons. The molecule has 1 unspecified atom stereocenters. The molecule has 2 aromatic rings. The third-order valence-corrected chi connectivity index (χ3v) is 3.81. The van der Waals surface area contributed by atoms with E-state index in [2.05, 4.69) is 20.0 Å². The molecule has 0 bridgehead atoms. The maximum atomic E-state index is 12.5. The summed E-state index contributed by atoms with van der Waals surface area (Å²) in [6.07, 6.45) is -1.19. The van der Waals surface area contributed by atoms with Gasteiger partial charge in [0, 0.05) is 19.7 Å². The standard InChI is InChI=1S/C15H16F2N4O2/c1-21(2)15(22)18-11-6-4-8-7-9(3-5-10(8)11)13-19-14(12(16)17)23-20-13/h3,5,7,11-12H,4,6H2,1-2H3,(H,18,22). The fraction of sp³-hybridized carbons (Fsp3) is 0.400. The number of carbonyl (C=O) groups excluding carboxylic acids is 1. The second-order valence-corrected chi connectivity index (χ2v) is 5.61. The Morgan fingerprint density at radius 1 is 1.43 bits per heavy atom. The monoisotopic (exact) mass is 322 g/mol. The zero-order valence-corrected chi connectivity index (χ0v) is 12.7. The maximum absolute atomic E-state index is 12.5. The highest BCUT2D eigenvalue weighted by atomic mass is 19.3. The van der Waals surface area contributed by atoms with Gasteiger partial charge in [-0.2, -0.15) is 13.8 Å². The molecule has 2 amide bonds. The number of nitrogens with one attached hydrogen (secondary N) is 1. The van der Waals surface area contributed by atoms with Crippen molar-refractivity contribution >= 4 is 6.03 Å². The van der Waals surface area contributed by atoms with Crippen molar-refractivity contribution in [1.82, 2.24) is 20.4 Å². The zero-order valence-electron chi connectivity index (χ0n) is 12.7. The molecule has 0 saturated heterocycles. The Hall–Kier alpha value is -2.51. The van der Waals surface area contributed by atoms with Crippen molar-refractivity contribution in [2.24, 2.45) is 0 Å². The maximum Gasteiger partial charge on any atom is 0.317 e. The Bertz CT molecular complexity index is 730. The van der Waals surface area contributed by atoms with Gasteiger partial charge in [-0.3, -0.25) is 0 Å². The number of benzene rings is 1. The Kier molecular flexibility index (Phi) is 3.97. The number of hydrogen-bond donors (Lipinski definition) is 1. The van der Waals surface area contributed by atoms with Gasteiger partial charge in [0.15, 0.2) is 0 Å². The molecule has 0 saturated carbocycles. The number of rotatable bonds is 3. The molecular formula is C15H16F2N4O2. The van der Waals surface area contributed by atoms with Crippen molar-refractivity contribution in [2.75, 3.05) is 14.1 Å². The number of aromatic nitrogens is 2. The largest absolute Gasteiger partial charge is 0.333 e. The lowest BCUT2D eigenvalue weighted by Crippen LogP contribution is -2.36. The fourth-order valence-corrected chi connectivity index (χ4v) is 2.63. The summed E-state index contributed by atoms with van der Waals surface area (Å²) < 4.78 is 29.6. The zero-order chi connectivity index (χ0) is 16.6. The van der Waals surface area contributed by atoms with Crippen LogP contribution in [0, 0.1) is 0 Å². The third-order valence-electron chi connectivity index (χ3n) is 3.81. The summed E-state index contributed by atoms with van der Waals surface area (Å²) in [5, 5.41) is 6.53. The molecule has 0 aliphatic heterocycles. The van der Waals surface area contributed by atoms with Gasteiger partial charge in [-0.1, -0.05) is 17.3 Å². The fourth-order valence-electron chi connectivity index (χ4n) is 2.63. The smallest absolute Gasteiger partial charge is 0.317 e. The van der Waals surface area contributed by atoms with Crippen molar-refractivity contribution in [3.63, 3.8) is 0 Å². The highest BCUT2D eigenvalue weighted by Gasteiger charge is 2.25. The van der Waals surface area contributed by atoms with Gasteiger partial charge in [-0.05, 0) is 30.0 Å². The highest BCUT2D eigenvalue weighted by Crippen LogP contribution is 2.34. The van der Waals surface area contributed by atoms with Crippen molar-refractivity contribution in [3.05, 3.63) is 35.2 Å². The van der Waals surface area contributed by atoms with E-state index in [1.54, 1.807) is 20.2 Å². The normalized spacial score (nSPS) is 16.5. The second-order valence-electron chi connectivity index (χ2n) is 5.61. The van der Waals surface area contributed by atoms with Crippen LogP contribution in [0.2, 0.25) is 0 Å². The van der Waals surface area contributed by atoms with Crippen molar-refractivity contribution in [2.45, 2.75) is 25.3 Å². The first-order valence-corrected chi connectivity index (χ1v) is 7.18. The average Bonchev–Trinajstić information content (AvgIpc) is 3.14. The van der Waals surface area contributed by atoms with Crippen LogP contribution in [0.5, 0.6) is 0 Å². The van der Waals surface area contributed by atoms with E-state index in [9.17, 15) is 13.6 Å². The number of aryl methyl sites for hydroxylation is 1. The summed E-state index contributed by atoms with van der Waals surface area (Å²) in [4.78, 5) is 17.0. The summed E-state index contributed by atoms with van der Waals surface area (Å²) in [7, 11) is 3.37. The minimum atomic E-state index is -2.78. The Labute approximate surface area is 131 Å². The molecule has 3 rings (SSSR count). The summed E-state index contributed by atoms with van der Waals surface area (Å²) in [5.41, 5.74) is 2.70. The highest BCUT2D eigenvalue weighted by molar-refractivity contribution is 5.74. The molecule has 1 N–H and O–H groups in total. The van der Waals surface area contributed by atoms with Crippen LogP contribution in [-0.4, -0.2) is 35.2 Å². The summed E-state index contributed by atoms with van der Waals surface area (Å²) in [5.74, 6) is -0.541. The molecule has 1 aliphatic rings. The molecule has 1 atom stereocenters. The van der Waals surface area contributed by atoms with E-state index >= 15 is 0 Å². The van der Waals surface area contributed by atoms with Gasteiger partial charge in [-0.25, -0.2) is 4.79 Å². The third kappa shape index (κ3) is 3.01. The predicted molar refractivity (Wildman–Crippen MR) is 78.0 cm³/mol. The van der Waals surface area contributed by atoms with Gasteiger partial charge in [-0.15, -0.1) is 0 Å². The van der Waals surface area contributed by atoms with Gasteiger partial charge in [0.25, 0.3) is 5.89 Å². The number of nitrogens with zero attached hydrogens (tertiary/aromatic N) is 3. The molecule has 122 valence electrons. The SMILES string of the molecule is CN(C)C(=O)NC1CCc2cc(-c3noc(C(F)F)n3)ccc21. The molecule has 1 aliphatic carbocycles. The first-order valence-electron chi connectivity index (χ1n) is 7.18. The first kappa shape index (κ1) is 15.4. The first-order chi connectivity index (χ1) is 11.0. The summed E-state index contributed by atoms with van der Waals surface area (Å²) in [6.45, 7) is 0. The Morgan fingerprint density at radius 3 is 2.87 bits per heavy atom. The number of amides is 2. The summed E-state index contributed by atoms with van der Waals surface area (Å²) >= 11 is 0. The van der Waals surface area contributed by atoms with Gasteiger partial charge in [0.2, 0.25) is 5.82 Å². The van der Waals surface area contributed by atoms with E-state index in [0.717, 1.165) is 24.0 Å². The van der Waals surface area contributed by atoms with E-state index in [1.807, 2.05) is 12.1 Å². The topological polar surface area (TPSA) is 71.3 Å². The van der Waals surface area contributed by atoms with Crippen molar-refractivity contribution in [1.29, 1.82) is 0 Å². The second kappa shape index (κ2) is 5.94. The number of urea groups is 1. The lowest BCUT2D eigenvalue weighted by atomic mass is 10.0. The van der Waals surface area contributed by atoms with Gasteiger partial charge >= 0.3 is 12.5 Å². The quantitative estimate of drug-likeness (QED) is 0.943. The molecule has 0 fully saturated rings. The van der Waals surface area contributed by atoms with Gasteiger partial charge < -0.3 is 14.7 Å². The number of carbonyl (C=O) groups is 1.